The van der Waals surface area contributed by atoms with E-state index in [1.54, 1.807) is 0 Å². The lowest BCUT2D eigenvalue weighted by Crippen LogP contribution is -2.41. The molecular weight excluding hydrogens is 236 g/mol. The molecule has 0 radical (unpaired) electrons. The molecule has 1 saturated heterocycles. The summed E-state index contributed by atoms with van der Waals surface area (Å²) in [5.74, 6) is 0.534. The number of benzene rings is 1. The van der Waals surface area contributed by atoms with Gasteiger partial charge in [-0.15, -0.1) is 0 Å². The molecule has 0 aromatic heterocycles. The van der Waals surface area contributed by atoms with E-state index in [0.29, 0.717) is 24.6 Å². The molecule has 1 aromatic rings. The predicted octanol–water partition coefficient (Wildman–Crippen LogP) is 2.28. The average molecular weight is 262 g/mol. The molecule has 2 rings (SSSR count). The maximum atomic E-state index is 5.88. The van der Waals surface area contributed by atoms with Crippen LogP contribution in [0.4, 0.5) is 0 Å². The number of ether oxygens (including phenoxy) is 1. The van der Waals surface area contributed by atoms with Crippen LogP contribution in [0.3, 0.4) is 0 Å². The molecule has 1 aliphatic heterocycles. The zero-order chi connectivity index (χ0) is 13.5. The second kappa shape index (κ2) is 7.63. The van der Waals surface area contributed by atoms with Crippen molar-refractivity contribution in [3.63, 3.8) is 0 Å². The van der Waals surface area contributed by atoms with E-state index in [1.165, 1.54) is 18.4 Å². The summed E-state index contributed by atoms with van der Waals surface area (Å²) in [6, 6.07) is 11.0. The molecule has 1 aliphatic rings. The quantitative estimate of drug-likeness (QED) is 0.792. The van der Waals surface area contributed by atoms with Crippen LogP contribution in [0.2, 0.25) is 0 Å². The summed E-state index contributed by atoms with van der Waals surface area (Å²) in [5, 5.41) is 3.56. The molecule has 1 heterocycles. The molecule has 0 bridgehead atoms. The van der Waals surface area contributed by atoms with Crippen molar-refractivity contribution in [2.75, 3.05) is 19.7 Å². The molecule has 0 amide bonds. The summed E-state index contributed by atoms with van der Waals surface area (Å²) >= 11 is 0. The van der Waals surface area contributed by atoms with Gasteiger partial charge in [0.1, 0.15) is 0 Å². The number of hydrogen-bond donors (Lipinski definition) is 2. The van der Waals surface area contributed by atoms with Gasteiger partial charge in [-0.2, -0.15) is 0 Å². The zero-order valence-electron chi connectivity index (χ0n) is 11.8. The van der Waals surface area contributed by atoms with E-state index in [1.807, 2.05) is 0 Å². The van der Waals surface area contributed by atoms with Gasteiger partial charge in [-0.05, 0) is 30.7 Å². The van der Waals surface area contributed by atoms with Crippen molar-refractivity contribution >= 4 is 0 Å². The number of nitrogens with two attached hydrogens (primary N) is 1. The number of nitrogens with one attached hydrogen (secondary N) is 1. The number of hydrogen-bond acceptors (Lipinski definition) is 3. The smallest absolute Gasteiger partial charge is 0.0700 e. The maximum absolute atomic E-state index is 5.88. The molecule has 1 aromatic carbocycles. The second-order valence-electron chi connectivity index (χ2n) is 5.52. The molecular formula is C16H26N2O. The van der Waals surface area contributed by atoms with Crippen molar-refractivity contribution in [2.24, 2.45) is 5.73 Å². The Morgan fingerprint density at radius 1 is 1.37 bits per heavy atom. The second-order valence-corrected chi connectivity index (χ2v) is 5.52. The van der Waals surface area contributed by atoms with Crippen molar-refractivity contribution in [1.29, 1.82) is 0 Å². The van der Waals surface area contributed by atoms with E-state index < -0.39 is 0 Å². The first-order valence-corrected chi connectivity index (χ1v) is 7.39. The molecule has 1 fully saturated rings. The topological polar surface area (TPSA) is 47.3 Å². The fourth-order valence-corrected chi connectivity index (χ4v) is 2.71. The van der Waals surface area contributed by atoms with Gasteiger partial charge in [-0.25, -0.2) is 0 Å². The van der Waals surface area contributed by atoms with Crippen molar-refractivity contribution in [1.82, 2.24) is 5.32 Å². The Bertz CT molecular complexity index is 349. The van der Waals surface area contributed by atoms with Crippen LogP contribution in [0.15, 0.2) is 30.3 Å². The third-order valence-electron chi connectivity index (χ3n) is 3.95. The highest BCUT2D eigenvalue weighted by atomic mass is 16.5. The summed E-state index contributed by atoms with van der Waals surface area (Å²) < 4.78 is 5.63. The van der Waals surface area contributed by atoms with Crippen LogP contribution in [0.5, 0.6) is 0 Å². The Hall–Kier alpha value is -0.900. The van der Waals surface area contributed by atoms with E-state index in [4.69, 9.17) is 10.5 Å². The molecule has 3 atom stereocenters. The first-order chi connectivity index (χ1) is 9.29. The van der Waals surface area contributed by atoms with Gasteiger partial charge in [0.15, 0.2) is 0 Å². The van der Waals surface area contributed by atoms with E-state index in [2.05, 4.69) is 42.6 Å². The van der Waals surface area contributed by atoms with Crippen molar-refractivity contribution < 1.29 is 4.74 Å². The molecule has 3 unspecified atom stereocenters. The third-order valence-corrected chi connectivity index (χ3v) is 3.95. The van der Waals surface area contributed by atoms with E-state index in [0.717, 1.165) is 19.6 Å². The van der Waals surface area contributed by atoms with E-state index in [-0.39, 0.29) is 0 Å². The van der Waals surface area contributed by atoms with Crippen LogP contribution < -0.4 is 11.1 Å². The van der Waals surface area contributed by atoms with Crippen LogP contribution in [0.25, 0.3) is 0 Å². The summed E-state index contributed by atoms with van der Waals surface area (Å²) in [6.45, 7) is 4.80. The van der Waals surface area contributed by atoms with Gasteiger partial charge in [0, 0.05) is 25.7 Å². The van der Waals surface area contributed by atoms with Crippen LogP contribution in [0.1, 0.15) is 37.7 Å². The molecule has 0 spiro atoms. The summed E-state index contributed by atoms with van der Waals surface area (Å²) in [4.78, 5) is 0. The molecule has 19 heavy (non-hydrogen) atoms. The van der Waals surface area contributed by atoms with Crippen molar-refractivity contribution in [3.05, 3.63) is 35.9 Å². The predicted molar refractivity (Wildman–Crippen MR) is 79.3 cm³/mol. The van der Waals surface area contributed by atoms with E-state index in [9.17, 15) is 0 Å². The zero-order valence-corrected chi connectivity index (χ0v) is 11.8. The van der Waals surface area contributed by atoms with Gasteiger partial charge in [0.25, 0.3) is 0 Å². The standard InChI is InChI=1S/C16H26N2O/c1-13(14-6-3-2-4-7-14)10-15(11-17)18-12-16-8-5-9-19-16/h2-4,6-7,13,15-16,18H,5,8-12,17H2,1H3. The summed E-state index contributed by atoms with van der Waals surface area (Å²) in [6.07, 6.45) is 3.84. The first-order valence-electron chi connectivity index (χ1n) is 7.39. The maximum Gasteiger partial charge on any atom is 0.0700 e. The summed E-state index contributed by atoms with van der Waals surface area (Å²) in [7, 11) is 0. The highest BCUT2D eigenvalue weighted by Crippen LogP contribution is 2.20. The largest absolute Gasteiger partial charge is 0.377 e. The highest BCUT2D eigenvalue weighted by Gasteiger charge is 2.18. The van der Waals surface area contributed by atoms with Gasteiger partial charge in [0.05, 0.1) is 6.10 Å². The van der Waals surface area contributed by atoms with Crippen molar-refractivity contribution in [3.8, 4) is 0 Å². The molecule has 0 saturated carbocycles. The van der Waals surface area contributed by atoms with Gasteiger partial charge in [0.2, 0.25) is 0 Å². The Morgan fingerprint density at radius 3 is 2.79 bits per heavy atom. The Labute approximate surface area is 116 Å². The van der Waals surface area contributed by atoms with Gasteiger partial charge in [-0.3, -0.25) is 0 Å². The minimum absolute atomic E-state index is 0.374. The SMILES string of the molecule is CC(CC(CN)NCC1CCCO1)c1ccccc1. The first kappa shape index (κ1) is 14.5. The Morgan fingerprint density at radius 2 is 2.16 bits per heavy atom. The lowest BCUT2D eigenvalue weighted by atomic mass is 9.94. The van der Waals surface area contributed by atoms with Gasteiger partial charge >= 0.3 is 0 Å². The summed E-state index contributed by atoms with van der Waals surface area (Å²) in [5.41, 5.74) is 7.27. The highest BCUT2D eigenvalue weighted by molar-refractivity contribution is 5.18. The minimum atomic E-state index is 0.374. The number of rotatable bonds is 7. The lowest BCUT2D eigenvalue weighted by Gasteiger charge is -2.23. The Kier molecular flexibility index (Phi) is 5.83. The minimum Gasteiger partial charge on any atom is -0.377 e. The molecule has 3 nitrogen and oxygen atoms in total. The van der Waals surface area contributed by atoms with Gasteiger partial charge in [-0.1, -0.05) is 37.3 Å². The molecule has 0 aliphatic carbocycles. The molecule has 3 N–H and O–H groups in total. The van der Waals surface area contributed by atoms with Crippen LogP contribution in [-0.2, 0) is 4.74 Å². The fraction of sp³-hybridized carbons (Fsp3) is 0.625. The molecule has 3 heteroatoms. The normalized spacial score (nSPS) is 22.3. The lowest BCUT2D eigenvalue weighted by molar-refractivity contribution is 0.107. The van der Waals surface area contributed by atoms with Crippen LogP contribution in [0, 0.1) is 0 Å². The molecule has 106 valence electrons. The average Bonchev–Trinajstić information content (AvgIpc) is 2.97. The van der Waals surface area contributed by atoms with Crippen LogP contribution in [-0.4, -0.2) is 31.8 Å². The van der Waals surface area contributed by atoms with Crippen LogP contribution >= 0.6 is 0 Å². The monoisotopic (exact) mass is 262 g/mol. The van der Waals surface area contributed by atoms with Gasteiger partial charge < -0.3 is 15.8 Å². The third kappa shape index (κ3) is 4.60. The van der Waals surface area contributed by atoms with E-state index >= 15 is 0 Å². The van der Waals surface area contributed by atoms with Crippen molar-refractivity contribution in [2.45, 2.75) is 44.2 Å². The fourth-order valence-electron chi connectivity index (χ4n) is 2.71. The Balaban J connectivity index is 1.77.